The number of aromatic nitrogens is 1. The molecular formula is C16H25N3OS. The molecule has 1 amide bonds. The first-order valence-electron chi connectivity index (χ1n) is 8.08. The molecule has 4 nitrogen and oxygen atoms in total. The lowest BCUT2D eigenvalue weighted by Gasteiger charge is -2.36. The molecule has 5 heteroatoms. The number of aryl methyl sites for hydroxylation is 1. The van der Waals surface area contributed by atoms with Crippen LogP contribution in [0.5, 0.6) is 0 Å². The predicted molar refractivity (Wildman–Crippen MR) is 86.0 cm³/mol. The zero-order valence-electron chi connectivity index (χ0n) is 13.2. The summed E-state index contributed by atoms with van der Waals surface area (Å²) in [6.07, 6.45) is 4.81. The summed E-state index contributed by atoms with van der Waals surface area (Å²) >= 11 is 1.55. The van der Waals surface area contributed by atoms with Crippen LogP contribution in [-0.4, -0.2) is 41.0 Å². The molecule has 21 heavy (non-hydrogen) atoms. The Labute approximate surface area is 130 Å². The highest BCUT2D eigenvalue weighted by molar-refractivity contribution is 7.13. The monoisotopic (exact) mass is 307 g/mol. The molecule has 2 fully saturated rings. The number of thiazole rings is 1. The molecule has 3 heterocycles. The van der Waals surface area contributed by atoms with Gasteiger partial charge in [0.15, 0.2) is 0 Å². The predicted octanol–water partition coefficient (Wildman–Crippen LogP) is 2.93. The molecule has 2 aliphatic heterocycles. The van der Waals surface area contributed by atoms with Crippen molar-refractivity contribution in [2.24, 2.45) is 0 Å². The zero-order valence-corrected chi connectivity index (χ0v) is 14.0. The van der Waals surface area contributed by atoms with E-state index in [-0.39, 0.29) is 5.91 Å². The minimum atomic E-state index is 0.0793. The summed E-state index contributed by atoms with van der Waals surface area (Å²) in [6.45, 7) is 8.59. The Bertz CT molecular complexity index is 526. The van der Waals surface area contributed by atoms with Gasteiger partial charge >= 0.3 is 0 Å². The van der Waals surface area contributed by atoms with Gasteiger partial charge in [0.25, 0.3) is 5.91 Å². The standard InChI is InChI=1S/C16H25N3OS/c1-10(2)16-17-11(3)14(21-16)15(20)18-12-6-4-8-19-9-5-7-13(12)19/h10,12-13H,4-9H2,1-3H3,(H,18,20)/t12-,13-/m0/s1. The van der Waals surface area contributed by atoms with E-state index in [1.165, 1.54) is 32.4 Å². The Balaban J connectivity index is 1.71. The smallest absolute Gasteiger partial charge is 0.263 e. The first kappa shape index (κ1) is 15.0. The van der Waals surface area contributed by atoms with Crippen LogP contribution in [0.15, 0.2) is 0 Å². The van der Waals surface area contributed by atoms with Gasteiger partial charge in [0.1, 0.15) is 4.88 Å². The zero-order chi connectivity index (χ0) is 15.0. The van der Waals surface area contributed by atoms with Crippen LogP contribution >= 0.6 is 11.3 Å². The van der Waals surface area contributed by atoms with Gasteiger partial charge in [0, 0.05) is 18.0 Å². The second kappa shape index (κ2) is 6.05. The van der Waals surface area contributed by atoms with Crippen LogP contribution in [0.1, 0.15) is 65.8 Å². The van der Waals surface area contributed by atoms with Crippen molar-refractivity contribution in [3.05, 3.63) is 15.6 Å². The Kier molecular flexibility index (Phi) is 4.31. The fourth-order valence-electron chi connectivity index (χ4n) is 3.57. The highest BCUT2D eigenvalue weighted by Crippen LogP contribution is 2.28. The summed E-state index contributed by atoms with van der Waals surface area (Å²) in [7, 11) is 0. The number of hydrogen-bond acceptors (Lipinski definition) is 4. The number of piperidine rings is 1. The molecule has 1 aromatic heterocycles. The van der Waals surface area contributed by atoms with E-state index < -0.39 is 0 Å². The van der Waals surface area contributed by atoms with Crippen molar-refractivity contribution < 1.29 is 4.79 Å². The van der Waals surface area contributed by atoms with Gasteiger partial charge in [-0.25, -0.2) is 4.98 Å². The fourth-order valence-corrected chi connectivity index (χ4v) is 4.54. The normalized spacial score (nSPS) is 26.1. The quantitative estimate of drug-likeness (QED) is 0.934. The van der Waals surface area contributed by atoms with E-state index in [0.29, 0.717) is 18.0 Å². The summed E-state index contributed by atoms with van der Waals surface area (Å²) in [5, 5.41) is 4.35. The molecule has 1 N–H and O–H groups in total. The van der Waals surface area contributed by atoms with Crippen molar-refractivity contribution in [3.63, 3.8) is 0 Å². The SMILES string of the molecule is Cc1nc(C(C)C)sc1C(=O)N[C@H]1CCCN2CCC[C@@H]12. The van der Waals surface area contributed by atoms with E-state index in [0.717, 1.165) is 22.0 Å². The van der Waals surface area contributed by atoms with E-state index in [9.17, 15) is 4.79 Å². The third-order valence-corrected chi connectivity index (χ3v) is 6.13. The average molecular weight is 307 g/mol. The maximum Gasteiger partial charge on any atom is 0.263 e. The molecular weight excluding hydrogens is 282 g/mol. The first-order chi connectivity index (χ1) is 10.1. The molecule has 3 rings (SSSR count). The van der Waals surface area contributed by atoms with Crippen LogP contribution in [0.25, 0.3) is 0 Å². The van der Waals surface area contributed by atoms with Gasteiger partial charge < -0.3 is 5.32 Å². The van der Waals surface area contributed by atoms with Crippen molar-refractivity contribution in [3.8, 4) is 0 Å². The molecule has 0 radical (unpaired) electrons. The Morgan fingerprint density at radius 1 is 1.33 bits per heavy atom. The van der Waals surface area contributed by atoms with Crippen LogP contribution in [0.4, 0.5) is 0 Å². The van der Waals surface area contributed by atoms with Crippen molar-refractivity contribution in [2.75, 3.05) is 13.1 Å². The number of nitrogens with zero attached hydrogens (tertiary/aromatic N) is 2. The summed E-state index contributed by atoms with van der Waals surface area (Å²) < 4.78 is 0. The van der Waals surface area contributed by atoms with E-state index in [1.807, 2.05) is 6.92 Å². The van der Waals surface area contributed by atoms with Gasteiger partial charge in [0.2, 0.25) is 0 Å². The minimum absolute atomic E-state index is 0.0793. The molecule has 2 aliphatic rings. The number of hydrogen-bond donors (Lipinski definition) is 1. The van der Waals surface area contributed by atoms with Gasteiger partial charge in [-0.05, 0) is 45.7 Å². The van der Waals surface area contributed by atoms with Gasteiger partial charge in [-0.1, -0.05) is 13.8 Å². The van der Waals surface area contributed by atoms with E-state index in [1.54, 1.807) is 11.3 Å². The Hall–Kier alpha value is -0.940. The van der Waals surface area contributed by atoms with Crippen LogP contribution in [0.3, 0.4) is 0 Å². The summed E-state index contributed by atoms with van der Waals surface area (Å²) in [5.74, 6) is 0.464. The molecule has 0 spiro atoms. The van der Waals surface area contributed by atoms with Gasteiger partial charge in [-0.2, -0.15) is 0 Å². The number of rotatable bonds is 3. The second-order valence-electron chi connectivity index (χ2n) is 6.59. The van der Waals surface area contributed by atoms with Crippen LogP contribution in [0.2, 0.25) is 0 Å². The third-order valence-electron chi connectivity index (χ3n) is 4.67. The lowest BCUT2D eigenvalue weighted by atomic mass is 9.96. The Morgan fingerprint density at radius 2 is 2.05 bits per heavy atom. The van der Waals surface area contributed by atoms with Crippen molar-refractivity contribution in [2.45, 2.75) is 64.5 Å². The van der Waals surface area contributed by atoms with E-state index >= 15 is 0 Å². The number of fused-ring (bicyclic) bond motifs is 1. The van der Waals surface area contributed by atoms with Gasteiger partial charge in [0.05, 0.1) is 10.7 Å². The first-order valence-corrected chi connectivity index (χ1v) is 8.90. The molecule has 0 aromatic carbocycles. The largest absolute Gasteiger partial charge is 0.347 e. The number of amides is 1. The highest BCUT2D eigenvalue weighted by Gasteiger charge is 2.35. The third kappa shape index (κ3) is 2.99. The highest BCUT2D eigenvalue weighted by atomic mass is 32.1. The van der Waals surface area contributed by atoms with Crippen molar-refractivity contribution in [1.29, 1.82) is 0 Å². The molecule has 116 valence electrons. The second-order valence-corrected chi connectivity index (χ2v) is 7.62. The molecule has 1 aromatic rings. The molecule has 2 atom stereocenters. The molecule has 0 saturated carbocycles. The topological polar surface area (TPSA) is 45.2 Å². The maximum absolute atomic E-state index is 12.6. The Morgan fingerprint density at radius 3 is 2.71 bits per heavy atom. The number of carbonyl (C=O) groups is 1. The summed E-state index contributed by atoms with van der Waals surface area (Å²) in [5.41, 5.74) is 0.875. The summed E-state index contributed by atoms with van der Waals surface area (Å²) in [6, 6.07) is 0.873. The van der Waals surface area contributed by atoms with Crippen molar-refractivity contribution in [1.82, 2.24) is 15.2 Å². The average Bonchev–Trinajstić information content (AvgIpc) is 3.05. The van der Waals surface area contributed by atoms with Crippen LogP contribution in [-0.2, 0) is 0 Å². The molecule has 0 aliphatic carbocycles. The molecule has 0 unspecified atom stereocenters. The molecule has 0 bridgehead atoms. The van der Waals surface area contributed by atoms with Gasteiger partial charge in [-0.3, -0.25) is 9.69 Å². The summed E-state index contributed by atoms with van der Waals surface area (Å²) in [4.78, 5) is 20.5. The van der Waals surface area contributed by atoms with E-state index in [2.05, 4.69) is 29.0 Å². The lowest BCUT2D eigenvalue weighted by Crippen LogP contribution is -2.52. The van der Waals surface area contributed by atoms with Gasteiger partial charge in [-0.15, -0.1) is 11.3 Å². The number of carbonyl (C=O) groups excluding carboxylic acids is 1. The lowest BCUT2D eigenvalue weighted by molar-refractivity contribution is 0.0871. The van der Waals surface area contributed by atoms with Crippen molar-refractivity contribution >= 4 is 17.2 Å². The van der Waals surface area contributed by atoms with Crippen LogP contribution in [0, 0.1) is 6.92 Å². The minimum Gasteiger partial charge on any atom is -0.347 e. The maximum atomic E-state index is 12.6. The molecule has 2 saturated heterocycles. The number of nitrogens with one attached hydrogen (secondary N) is 1. The fraction of sp³-hybridized carbons (Fsp3) is 0.750. The van der Waals surface area contributed by atoms with Crippen LogP contribution < -0.4 is 5.32 Å². The van der Waals surface area contributed by atoms with E-state index in [4.69, 9.17) is 0 Å².